The molecule has 1 atom stereocenters. The highest BCUT2D eigenvalue weighted by Crippen LogP contribution is 2.27. The topological polar surface area (TPSA) is 86.8 Å². The summed E-state index contributed by atoms with van der Waals surface area (Å²) < 4.78 is 29.2. The number of hydrogen-bond donors (Lipinski definition) is 1. The first-order valence-electron chi connectivity index (χ1n) is 14.5. The minimum absolute atomic E-state index is 0.0159. The van der Waals surface area contributed by atoms with Gasteiger partial charge in [0.15, 0.2) is 0 Å². The largest absolute Gasteiger partial charge is 0.350 e. The predicted molar refractivity (Wildman–Crippen MR) is 181 cm³/mol. The van der Waals surface area contributed by atoms with Crippen molar-refractivity contribution in [2.75, 3.05) is 10.8 Å². The fraction of sp³-hybridized carbons (Fsp3) is 0.257. The number of benzene rings is 4. The van der Waals surface area contributed by atoms with Crippen molar-refractivity contribution in [2.24, 2.45) is 0 Å². The van der Waals surface area contributed by atoms with Crippen molar-refractivity contribution < 1.29 is 18.0 Å². The van der Waals surface area contributed by atoms with Crippen LogP contribution in [0.3, 0.4) is 0 Å². The first-order valence-corrected chi connectivity index (χ1v) is 16.7. The molecule has 4 rings (SSSR count). The van der Waals surface area contributed by atoms with Crippen molar-refractivity contribution in [1.29, 1.82) is 0 Å². The van der Waals surface area contributed by atoms with E-state index in [0.29, 0.717) is 21.3 Å². The second kappa shape index (κ2) is 14.5. The minimum Gasteiger partial charge on any atom is -0.350 e. The average molecular weight is 667 g/mol. The third-order valence-electron chi connectivity index (χ3n) is 7.04. The normalized spacial score (nSPS) is 12.3. The van der Waals surface area contributed by atoms with Crippen LogP contribution in [-0.2, 0) is 32.6 Å². The van der Waals surface area contributed by atoms with E-state index in [1.807, 2.05) is 58.0 Å². The lowest BCUT2D eigenvalue weighted by atomic mass is 10.0. The quantitative estimate of drug-likeness (QED) is 0.186. The highest BCUT2D eigenvalue weighted by Gasteiger charge is 2.35. The van der Waals surface area contributed by atoms with Gasteiger partial charge >= 0.3 is 0 Å². The van der Waals surface area contributed by atoms with Gasteiger partial charge in [0, 0.05) is 18.5 Å². The maximum Gasteiger partial charge on any atom is 0.264 e. The van der Waals surface area contributed by atoms with E-state index in [4.69, 9.17) is 23.2 Å². The summed E-state index contributed by atoms with van der Waals surface area (Å²) in [5.74, 6) is -0.932. The monoisotopic (exact) mass is 665 g/mol. The molecule has 4 aromatic rings. The predicted octanol–water partition coefficient (Wildman–Crippen LogP) is 7.05. The molecule has 0 aliphatic carbocycles. The van der Waals surface area contributed by atoms with Crippen LogP contribution in [0.2, 0.25) is 10.0 Å². The molecule has 2 amide bonds. The Bertz CT molecular complexity index is 1730. The summed E-state index contributed by atoms with van der Waals surface area (Å²) in [4.78, 5) is 29.9. The first-order chi connectivity index (χ1) is 21.2. The Morgan fingerprint density at radius 3 is 1.98 bits per heavy atom. The maximum atomic E-state index is 14.5. The molecule has 0 spiro atoms. The van der Waals surface area contributed by atoms with Crippen LogP contribution in [-0.4, -0.2) is 43.3 Å². The van der Waals surface area contributed by atoms with Crippen LogP contribution in [0, 0.1) is 6.92 Å². The van der Waals surface area contributed by atoms with Gasteiger partial charge in [-0.3, -0.25) is 13.9 Å². The Morgan fingerprint density at radius 2 is 1.40 bits per heavy atom. The molecule has 0 aliphatic rings. The van der Waals surface area contributed by atoms with Crippen LogP contribution in [0.4, 0.5) is 5.69 Å². The number of nitrogens with zero attached hydrogens (tertiary/aromatic N) is 2. The lowest BCUT2D eigenvalue weighted by Crippen LogP contribution is -2.56. The molecule has 45 heavy (non-hydrogen) atoms. The Hall–Kier alpha value is -3.85. The van der Waals surface area contributed by atoms with Gasteiger partial charge in [-0.2, -0.15) is 0 Å². The Balaban J connectivity index is 1.81. The van der Waals surface area contributed by atoms with Gasteiger partial charge in [0.25, 0.3) is 10.0 Å². The lowest BCUT2D eigenvalue weighted by molar-refractivity contribution is -0.140. The minimum atomic E-state index is -4.17. The summed E-state index contributed by atoms with van der Waals surface area (Å²) in [5.41, 5.74) is 2.10. The fourth-order valence-corrected chi connectivity index (χ4v) is 6.54. The molecule has 0 fully saturated rings. The molecule has 4 aromatic carbocycles. The number of halogens is 2. The summed E-state index contributed by atoms with van der Waals surface area (Å²) >= 11 is 12.5. The van der Waals surface area contributed by atoms with Gasteiger partial charge in [-0.15, -0.1) is 0 Å². The molecule has 10 heteroatoms. The number of rotatable bonds is 11. The van der Waals surface area contributed by atoms with E-state index in [1.54, 1.807) is 60.7 Å². The molecule has 0 saturated heterocycles. The van der Waals surface area contributed by atoms with Gasteiger partial charge in [0.1, 0.15) is 12.6 Å². The summed E-state index contributed by atoms with van der Waals surface area (Å²) in [6, 6.07) is 28.3. The van der Waals surface area contributed by atoms with Crippen molar-refractivity contribution in [3.8, 4) is 0 Å². The van der Waals surface area contributed by atoms with Gasteiger partial charge < -0.3 is 10.2 Å². The second-order valence-corrected chi connectivity index (χ2v) is 14.6. The van der Waals surface area contributed by atoms with Crippen LogP contribution >= 0.6 is 23.2 Å². The summed E-state index contributed by atoms with van der Waals surface area (Å²) in [6.07, 6.45) is 0.200. The van der Waals surface area contributed by atoms with Crippen molar-refractivity contribution in [2.45, 2.75) is 57.1 Å². The second-order valence-electron chi connectivity index (χ2n) is 11.9. The number of nitrogens with one attached hydrogen (secondary N) is 1. The summed E-state index contributed by atoms with van der Waals surface area (Å²) in [5, 5.41) is 3.67. The Morgan fingerprint density at radius 1 is 0.800 bits per heavy atom. The molecule has 0 unspecified atom stereocenters. The molecule has 236 valence electrons. The standard InChI is InChI=1S/C35H37Cl2N3O4S/c1-25-15-18-29(19-16-25)45(43,44)40(28-13-9-6-10-14-28)24-33(41)39(23-27-17-20-30(36)31(37)21-27)32(34(42)38-35(2,3)4)22-26-11-7-5-8-12-26/h5-21,32H,22-24H2,1-4H3,(H,38,42)/t32-/m1/s1. The molecule has 0 saturated carbocycles. The van der Waals surface area contributed by atoms with Crippen LogP contribution in [0.15, 0.2) is 108 Å². The maximum absolute atomic E-state index is 14.5. The molecule has 0 heterocycles. The zero-order valence-corrected chi connectivity index (χ0v) is 28.0. The molecule has 0 aliphatic heterocycles. The summed E-state index contributed by atoms with van der Waals surface area (Å²) in [7, 11) is -4.17. The number of anilines is 1. The van der Waals surface area contributed by atoms with Crippen LogP contribution < -0.4 is 9.62 Å². The fourth-order valence-electron chi connectivity index (χ4n) is 4.80. The SMILES string of the molecule is Cc1ccc(S(=O)(=O)N(CC(=O)N(Cc2ccc(Cl)c(Cl)c2)[C@H](Cc2ccccc2)C(=O)NC(C)(C)C)c2ccccc2)cc1. The molecule has 0 radical (unpaired) electrons. The zero-order chi connectivity index (χ0) is 32.8. The van der Waals surface area contributed by atoms with Crippen LogP contribution in [0.25, 0.3) is 0 Å². The van der Waals surface area contributed by atoms with Gasteiger partial charge in [0.2, 0.25) is 11.8 Å². The highest BCUT2D eigenvalue weighted by atomic mass is 35.5. The smallest absolute Gasteiger partial charge is 0.264 e. The van der Waals surface area contributed by atoms with E-state index in [1.165, 1.54) is 17.0 Å². The van der Waals surface area contributed by atoms with Gasteiger partial charge in [-0.1, -0.05) is 95.5 Å². The third kappa shape index (κ3) is 9.10. The van der Waals surface area contributed by atoms with E-state index in [2.05, 4.69) is 5.32 Å². The number of carbonyl (C=O) groups excluding carboxylic acids is 2. The van der Waals surface area contributed by atoms with Gasteiger partial charge in [-0.25, -0.2) is 8.42 Å². The average Bonchev–Trinajstić information content (AvgIpc) is 2.99. The zero-order valence-electron chi connectivity index (χ0n) is 25.7. The Labute approximate surface area is 275 Å². The van der Waals surface area contributed by atoms with Crippen molar-refractivity contribution in [3.63, 3.8) is 0 Å². The molecule has 7 nitrogen and oxygen atoms in total. The summed E-state index contributed by atoms with van der Waals surface area (Å²) in [6.45, 7) is 6.89. The van der Waals surface area contributed by atoms with E-state index in [0.717, 1.165) is 15.4 Å². The number of carbonyl (C=O) groups is 2. The highest BCUT2D eigenvalue weighted by molar-refractivity contribution is 7.92. The van der Waals surface area contributed by atoms with Crippen molar-refractivity contribution in [1.82, 2.24) is 10.2 Å². The first kappa shape index (κ1) is 34.0. The number of amides is 2. The third-order valence-corrected chi connectivity index (χ3v) is 9.57. The van der Waals surface area contributed by atoms with Gasteiger partial charge in [0.05, 0.1) is 20.6 Å². The molecular formula is C35H37Cl2N3O4S. The van der Waals surface area contributed by atoms with E-state index in [-0.39, 0.29) is 23.8 Å². The molecular weight excluding hydrogens is 629 g/mol. The van der Waals surface area contributed by atoms with E-state index >= 15 is 0 Å². The van der Waals surface area contributed by atoms with E-state index in [9.17, 15) is 18.0 Å². The Kier molecular flexibility index (Phi) is 11.0. The lowest BCUT2D eigenvalue weighted by Gasteiger charge is -2.35. The molecule has 0 bridgehead atoms. The number of hydrogen-bond acceptors (Lipinski definition) is 4. The van der Waals surface area contributed by atoms with Crippen LogP contribution in [0.5, 0.6) is 0 Å². The van der Waals surface area contributed by atoms with Gasteiger partial charge in [-0.05, 0) is 75.2 Å². The van der Waals surface area contributed by atoms with Crippen molar-refractivity contribution >= 4 is 50.7 Å². The van der Waals surface area contributed by atoms with Crippen LogP contribution in [0.1, 0.15) is 37.5 Å². The number of aryl methyl sites for hydroxylation is 1. The van der Waals surface area contributed by atoms with Crippen molar-refractivity contribution in [3.05, 3.63) is 130 Å². The molecule has 1 N–H and O–H groups in total. The molecule has 0 aromatic heterocycles. The number of sulfonamides is 1. The number of para-hydroxylation sites is 1. The van der Waals surface area contributed by atoms with E-state index < -0.39 is 34.1 Å².